The molecule has 3 rings (SSSR count). The van der Waals surface area contributed by atoms with Crippen molar-refractivity contribution in [3.63, 3.8) is 0 Å². The first-order valence-corrected chi connectivity index (χ1v) is 5.68. The normalized spacial score (nSPS) is 34.6. The molecule has 2 aliphatic heterocycles. The highest BCUT2D eigenvalue weighted by Crippen LogP contribution is 2.39. The molecule has 1 fully saturated rings. The minimum atomic E-state index is -0.612. The van der Waals surface area contributed by atoms with E-state index < -0.39 is 5.41 Å². The van der Waals surface area contributed by atoms with Gasteiger partial charge < -0.3 is 5.32 Å². The first-order chi connectivity index (χ1) is 8.22. The second-order valence-corrected chi connectivity index (χ2v) is 4.76. The van der Waals surface area contributed by atoms with Gasteiger partial charge in [0, 0.05) is 18.3 Å². The molecule has 1 aromatic heterocycles. The lowest BCUT2D eigenvalue weighted by molar-refractivity contribution is 0.318. The van der Waals surface area contributed by atoms with Crippen molar-refractivity contribution in [1.82, 2.24) is 10.3 Å². The Morgan fingerprint density at radius 1 is 1.35 bits per heavy atom. The van der Waals surface area contributed by atoms with Gasteiger partial charge in [-0.05, 0) is 24.5 Å². The zero-order valence-electron chi connectivity index (χ0n) is 9.23. The van der Waals surface area contributed by atoms with E-state index in [9.17, 15) is 9.65 Å². The number of rotatable bonds is 1. The molecule has 0 amide bonds. The fourth-order valence-corrected chi connectivity index (χ4v) is 2.81. The Kier molecular flexibility index (Phi) is 2.23. The number of hydrogen-bond acceptors (Lipinski definition) is 3. The monoisotopic (exact) mass is 229 g/mol. The van der Waals surface area contributed by atoms with Crippen LogP contribution < -0.4 is 5.32 Å². The molecule has 2 bridgehead atoms. The fourth-order valence-electron chi connectivity index (χ4n) is 2.81. The van der Waals surface area contributed by atoms with Gasteiger partial charge >= 0.3 is 0 Å². The van der Waals surface area contributed by atoms with Gasteiger partial charge in [-0.25, -0.2) is 4.39 Å². The largest absolute Gasteiger partial charge is 0.304 e. The first kappa shape index (κ1) is 10.4. The van der Waals surface area contributed by atoms with Crippen LogP contribution in [0.2, 0.25) is 0 Å². The topological polar surface area (TPSA) is 48.7 Å². The van der Waals surface area contributed by atoms with Gasteiger partial charge in [0.05, 0.1) is 17.7 Å². The van der Waals surface area contributed by atoms with E-state index in [1.807, 2.05) is 0 Å². The third-order valence-corrected chi connectivity index (χ3v) is 3.61. The van der Waals surface area contributed by atoms with E-state index in [2.05, 4.69) is 28.5 Å². The molecule has 0 unspecified atom stereocenters. The summed E-state index contributed by atoms with van der Waals surface area (Å²) in [6, 6.07) is 4.24. The predicted molar refractivity (Wildman–Crippen MR) is 60.6 cm³/mol. The smallest absolute Gasteiger partial charge is 0.141 e. The summed E-state index contributed by atoms with van der Waals surface area (Å²) in [6.45, 7) is 0. The summed E-state index contributed by atoms with van der Waals surface area (Å²) < 4.78 is 13.2. The summed E-state index contributed by atoms with van der Waals surface area (Å²) in [5, 5.41) is 12.9. The number of aromatic nitrogens is 1. The second-order valence-electron chi connectivity index (χ2n) is 4.76. The van der Waals surface area contributed by atoms with Gasteiger partial charge in [0.15, 0.2) is 0 Å². The molecule has 1 N–H and O–H groups in total. The Bertz CT molecular complexity index is 504. The van der Waals surface area contributed by atoms with Crippen LogP contribution in [0.5, 0.6) is 0 Å². The van der Waals surface area contributed by atoms with E-state index in [1.54, 1.807) is 6.20 Å². The fraction of sp³-hybridized carbons (Fsp3) is 0.385. The van der Waals surface area contributed by atoms with E-state index in [0.717, 1.165) is 0 Å². The molecule has 86 valence electrons. The van der Waals surface area contributed by atoms with Crippen LogP contribution in [0.1, 0.15) is 18.4 Å². The van der Waals surface area contributed by atoms with Crippen molar-refractivity contribution in [3.05, 3.63) is 42.0 Å². The zero-order valence-corrected chi connectivity index (χ0v) is 9.23. The minimum Gasteiger partial charge on any atom is -0.304 e. The average Bonchev–Trinajstić information content (AvgIpc) is 2.69. The molecule has 17 heavy (non-hydrogen) atoms. The molecule has 4 heteroatoms. The summed E-state index contributed by atoms with van der Waals surface area (Å²) in [7, 11) is 0. The van der Waals surface area contributed by atoms with Crippen molar-refractivity contribution in [2.24, 2.45) is 0 Å². The molecule has 2 aliphatic rings. The molecule has 0 radical (unpaired) electrons. The van der Waals surface area contributed by atoms with Crippen LogP contribution in [0.4, 0.5) is 4.39 Å². The highest BCUT2D eigenvalue weighted by atomic mass is 19.1. The SMILES string of the molecule is N#C[C@@]1(c2cncc(F)c2)C[C@H]2C=C[C@@H](C1)N2. The summed E-state index contributed by atoms with van der Waals surface area (Å²) >= 11 is 0. The Balaban J connectivity index is 2.02. The van der Waals surface area contributed by atoms with Crippen LogP contribution in [-0.4, -0.2) is 17.1 Å². The second kappa shape index (κ2) is 3.64. The predicted octanol–water partition coefficient (Wildman–Crippen LogP) is 1.67. The van der Waals surface area contributed by atoms with Crippen LogP contribution in [0, 0.1) is 17.1 Å². The molecule has 0 aromatic carbocycles. The molecule has 0 aliphatic carbocycles. The van der Waals surface area contributed by atoms with Crippen LogP contribution >= 0.6 is 0 Å². The van der Waals surface area contributed by atoms with Gasteiger partial charge in [-0.3, -0.25) is 4.98 Å². The Morgan fingerprint density at radius 3 is 2.65 bits per heavy atom. The third-order valence-electron chi connectivity index (χ3n) is 3.61. The summed E-state index contributed by atoms with van der Waals surface area (Å²) in [5.74, 6) is -0.379. The maximum absolute atomic E-state index is 13.2. The molecular formula is C13H12FN3. The lowest BCUT2D eigenvalue weighted by Crippen LogP contribution is -2.46. The van der Waals surface area contributed by atoms with Crippen LogP contribution in [0.15, 0.2) is 30.6 Å². The maximum atomic E-state index is 13.2. The van der Waals surface area contributed by atoms with Crippen LogP contribution in [0.3, 0.4) is 0 Å². The number of hydrogen-bond donors (Lipinski definition) is 1. The standard InChI is InChI=1S/C13H12FN3/c14-10-3-9(6-16-7-10)13(8-15)4-11-1-2-12(5-13)17-11/h1-3,6-7,11-12,17H,4-5H2/t11-,12+,13-. The molecule has 1 aromatic rings. The van der Waals surface area contributed by atoms with E-state index in [0.29, 0.717) is 18.4 Å². The maximum Gasteiger partial charge on any atom is 0.141 e. The molecule has 3 nitrogen and oxygen atoms in total. The van der Waals surface area contributed by atoms with Gasteiger partial charge in [0.25, 0.3) is 0 Å². The molecule has 0 saturated carbocycles. The lowest BCUT2D eigenvalue weighted by atomic mass is 9.72. The van der Waals surface area contributed by atoms with Crippen molar-refractivity contribution in [2.45, 2.75) is 30.3 Å². The molecule has 1 saturated heterocycles. The number of halogens is 1. The van der Waals surface area contributed by atoms with Crippen molar-refractivity contribution >= 4 is 0 Å². The van der Waals surface area contributed by atoms with Gasteiger partial charge in [-0.2, -0.15) is 5.26 Å². The highest BCUT2D eigenvalue weighted by molar-refractivity contribution is 5.36. The summed E-state index contributed by atoms with van der Waals surface area (Å²) in [5.41, 5.74) is 0.0827. The van der Waals surface area contributed by atoms with E-state index in [1.165, 1.54) is 12.3 Å². The number of nitrogens with zero attached hydrogens (tertiary/aromatic N) is 2. The van der Waals surface area contributed by atoms with Crippen LogP contribution in [0.25, 0.3) is 0 Å². The highest BCUT2D eigenvalue weighted by Gasteiger charge is 2.43. The van der Waals surface area contributed by atoms with Gasteiger partial charge in [-0.1, -0.05) is 12.2 Å². The number of pyridine rings is 1. The molecular weight excluding hydrogens is 217 g/mol. The third kappa shape index (κ3) is 1.63. The molecule has 3 atom stereocenters. The van der Waals surface area contributed by atoms with Crippen molar-refractivity contribution in [3.8, 4) is 6.07 Å². The number of piperidine rings is 1. The van der Waals surface area contributed by atoms with Gasteiger partial charge in [0.1, 0.15) is 5.82 Å². The van der Waals surface area contributed by atoms with Gasteiger partial charge in [-0.15, -0.1) is 0 Å². The summed E-state index contributed by atoms with van der Waals surface area (Å²) in [4.78, 5) is 3.86. The van der Waals surface area contributed by atoms with Gasteiger partial charge in [0.2, 0.25) is 0 Å². The molecule has 3 heterocycles. The Morgan fingerprint density at radius 2 is 2.06 bits per heavy atom. The summed E-state index contributed by atoms with van der Waals surface area (Å²) in [6.07, 6.45) is 8.33. The number of fused-ring (bicyclic) bond motifs is 2. The average molecular weight is 229 g/mol. The van der Waals surface area contributed by atoms with E-state index >= 15 is 0 Å². The quantitative estimate of drug-likeness (QED) is 0.745. The lowest BCUT2D eigenvalue weighted by Gasteiger charge is -2.36. The Hall–Kier alpha value is -1.73. The minimum absolute atomic E-state index is 0.219. The van der Waals surface area contributed by atoms with E-state index in [4.69, 9.17) is 0 Å². The zero-order chi connectivity index (χ0) is 11.9. The van der Waals surface area contributed by atoms with Crippen molar-refractivity contribution in [2.75, 3.05) is 0 Å². The number of nitriles is 1. The van der Waals surface area contributed by atoms with Crippen molar-refractivity contribution < 1.29 is 4.39 Å². The van der Waals surface area contributed by atoms with Crippen LogP contribution in [-0.2, 0) is 5.41 Å². The number of nitrogens with one attached hydrogen (secondary N) is 1. The molecule has 0 spiro atoms. The van der Waals surface area contributed by atoms with Crippen molar-refractivity contribution in [1.29, 1.82) is 5.26 Å². The first-order valence-electron chi connectivity index (χ1n) is 5.68. The van der Waals surface area contributed by atoms with E-state index in [-0.39, 0.29) is 17.9 Å². The Labute approximate surface area is 99.0 Å².